The standard InChI is InChI=1S/C14H18O2/c1-8-6-9(2)11-12(10(8)3)16-7-14(4,5)13(11)15/h6H,7H2,1-5H3. The largest absolute Gasteiger partial charge is 0.491 e. The minimum atomic E-state index is -0.403. The molecule has 0 N–H and O–H groups in total. The average Bonchev–Trinajstić information content (AvgIpc) is 2.19. The van der Waals surface area contributed by atoms with Gasteiger partial charge in [-0.1, -0.05) is 6.07 Å². The van der Waals surface area contributed by atoms with Gasteiger partial charge in [-0.25, -0.2) is 0 Å². The summed E-state index contributed by atoms with van der Waals surface area (Å²) in [6, 6.07) is 2.07. The van der Waals surface area contributed by atoms with E-state index < -0.39 is 5.41 Å². The first-order valence-electron chi connectivity index (χ1n) is 5.63. The Morgan fingerprint density at radius 2 is 1.81 bits per heavy atom. The molecule has 0 unspecified atom stereocenters. The molecule has 16 heavy (non-hydrogen) atoms. The van der Waals surface area contributed by atoms with Crippen molar-refractivity contribution < 1.29 is 9.53 Å². The highest BCUT2D eigenvalue weighted by molar-refractivity contribution is 6.05. The van der Waals surface area contributed by atoms with Crippen molar-refractivity contribution in [2.75, 3.05) is 6.61 Å². The summed E-state index contributed by atoms with van der Waals surface area (Å²) < 4.78 is 5.78. The molecular weight excluding hydrogens is 200 g/mol. The molecule has 0 saturated carbocycles. The van der Waals surface area contributed by atoms with E-state index in [4.69, 9.17) is 4.74 Å². The van der Waals surface area contributed by atoms with Crippen LogP contribution in [0.25, 0.3) is 0 Å². The van der Waals surface area contributed by atoms with Crippen molar-refractivity contribution in [3.63, 3.8) is 0 Å². The summed E-state index contributed by atoms with van der Waals surface area (Å²) in [5.74, 6) is 0.996. The van der Waals surface area contributed by atoms with Gasteiger partial charge < -0.3 is 4.74 Å². The van der Waals surface area contributed by atoms with Crippen LogP contribution >= 0.6 is 0 Å². The van der Waals surface area contributed by atoms with Gasteiger partial charge >= 0.3 is 0 Å². The Morgan fingerprint density at radius 3 is 2.44 bits per heavy atom. The SMILES string of the molecule is Cc1cc(C)c2c(c1C)OCC(C)(C)C2=O. The zero-order valence-corrected chi connectivity index (χ0v) is 10.6. The summed E-state index contributed by atoms with van der Waals surface area (Å²) in [7, 11) is 0. The Labute approximate surface area is 96.6 Å². The van der Waals surface area contributed by atoms with E-state index >= 15 is 0 Å². The topological polar surface area (TPSA) is 26.3 Å². The van der Waals surface area contributed by atoms with Gasteiger partial charge in [-0.05, 0) is 51.3 Å². The van der Waals surface area contributed by atoms with Crippen LogP contribution < -0.4 is 4.74 Å². The zero-order valence-electron chi connectivity index (χ0n) is 10.6. The first-order valence-corrected chi connectivity index (χ1v) is 5.63. The van der Waals surface area contributed by atoms with E-state index in [1.54, 1.807) is 0 Å². The summed E-state index contributed by atoms with van der Waals surface area (Å²) in [5.41, 5.74) is 3.67. The number of hydrogen-bond acceptors (Lipinski definition) is 2. The van der Waals surface area contributed by atoms with Gasteiger partial charge in [0.05, 0.1) is 11.0 Å². The second-order valence-electron chi connectivity index (χ2n) is 5.34. The van der Waals surface area contributed by atoms with Crippen molar-refractivity contribution in [3.8, 4) is 5.75 Å². The predicted octanol–water partition coefficient (Wildman–Crippen LogP) is 3.21. The highest BCUT2D eigenvalue weighted by Crippen LogP contribution is 2.39. The van der Waals surface area contributed by atoms with Gasteiger partial charge in [-0.15, -0.1) is 0 Å². The first-order chi connectivity index (χ1) is 7.34. The Hall–Kier alpha value is -1.31. The molecule has 0 fully saturated rings. The van der Waals surface area contributed by atoms with Gasteiger partial charge in [0.2, 0.25) is 0 Å². The van der Waals surface area contributed by atoms with Crippen LogP contribution in [-0.2, 0) is 0 Å². The van der Waals surface area contributed by atoms with E-state index in [0.29, 0.717) is 6.61 Å². The maximum absolute atomic E-state index is 12.3. The lowest BCUT2D eigenvalue weighted by Crippen LogP contribution is -2.36. The van der Waals surface area contributed by atoms with Crippen LogP contribution in [0, 0.1) is 26.2 Å². The number of rotatable bonds is 0. The summed E-state index contributed by atoms with van der Waals surface area (Å²) in [5, 5.41) is 0. The third kappa shape index (κ3) is 1.44. The number of carbonyl (C=O) groups excluding carboxylic acids is 1. The highest BCUT2D eigenvalue weighted by Gasteiger charge is 2.37. The predicted molar refractivity (Wildman–Crippen MR) is 64.3 cm³/mol. The molecule has 0 spiro atoms. The fourth-order valence-electron chi connectivity index (χ4n) is 2.17. The normalized spacial score (nSPS) is 17.9. The summed E-state index contributed by atoms with van der Waals surface area (Å²) >= 11 is 0. The number of carbonyl (C=O) groups is 1. The lowest BCUT2D eigenvalue weighted by Gasteiger charge is -2.32. The van der Waals surface area contributed by atoms with Gasteiger partial charge in [0.15, 0.2) is 5.78 Å². The summed E-state index contributed by atoms with van der Waals surface area (Å²) in [6.45, 7) is 10.4. The summed E-state index contributed by atoms with van der Waals surface area (Å²) in [4.78, 5) is 12.3. The van der Waals surface area contributed by atoms with E-state index in [0.717, 1.165) is 22.4 Å². The molecular formula is C14H18O2. The van der Waals surface area contributed by atoms with E-state index in [1.807, 2.05) is 27.7 Å². The number of aryl methyl sites for hydroxylation is 2. The lowest BCUT2D eigenvalue weighted by atomic mass is 9.80. The number of benzene rings is 1. The van der Waals surface area contributed by atoms with Crippen molar-refractivity contribution in [2.45, 2.75) is 34.6 Å². The molecule has 0 radical (unpaired) electrons. The highest BCUT2D eigenvalue weighted by atomic mass is 16.5. The Bertz CT molecular complexity index is 470. The van der Waals surface area contributed by atoms with Crippen LogP contribution in [-0.4, -0.2) is 12.4 Å². The van der Waals surface area contributed by atoms with E-state index in [-0.39, 0.29) is 5.78 Å². The average molecular weight is 218 g/mol. The molecule has 0 amide bonds. The molecule has 2 nitrogen and oxygen atoms in total. The maximum Gasteiger partial charge on any atom is 0.175 e. The van der Waals surface area contributed by atoms with Crippen LogP contribution in [0.2, 0.25) is 0 Å². The van der Waals surface area contributed by atoms with Crippen molar-refractivity contribution in [1.82, 2.24) is 0 Å². The molecule has 0 bridgehead atoms. The van der Waals surface area contributed by atoms with Crippen LogP contribution in [0.5, 0.6) is 5.75 Å². The molecule has 1 heterocycles. The van der Waals surface area contributed by atoms with Crippen LogP contribution in [0.3, 0.4) is 0 Å². The number of fused-ring (bicyclic) bond motifs is 1. The summed E-state index contributed by atoms with van der Waals surface area (Å²) in [6.07, 6.45) is 0. The van der Waals surface area contributed by atoms with Crippen molar-refractivity contribution in [3.05, 3.63) is 28.3 Å². The number of ketones is 1. The monoisotopic (exact) mass is 218 g/mol. The molecule has 1 aromatic carbocycles. The zero-order chi connectivity index (χ0) is 12.1. The molecule has 1 aliphatic heterocycles. The van der Waals surface area contributed by atoms with Crippen molar-refractivity contribution in [2.24, 2.45) is 5.41 Å². The van der Waals surface area contributed by atoms with Gasteiger partial charge in [0, 0.05) is 0 Å². The van der Waals surface area contributed by atoms with E-state index in [2.05, 4.69) is 13.0 Å². The van der Waals surface area contributed by atoms with Crippen LogP contribution in [0.1, 0.15) is 40.9 Å². The lowest BCUT2D eigenvalue weighted by molar-refractivity contribution is 0.0689. The number of Topliss-reactive ketones (excluding diaryl/α,β-unsaturated/α-hetero) is 1. The Balaban J connectivity index is 2.70. The van der Waals surface area contributed by atoms with Crippen molar-refractivity contribution in [1.29, 1.82) is 0 Å². The van der Waals surface area contributed by atoms with Gasteiger partial charge in [0.1, 0.15) is 12.4 Å². The van der Waals surface area contributed by atoms with Gasteiger partial charge in [-0.3, -0.25) is 4.79 Å². The molecule has 86 valence electrons. The quantitative estimate of drug-likeness (QED) is 0.668. The number of hydrogen-bond donors (Lipinski definition) is 0. The Morgan fingerprint density at radius 1 is 1.19 bits per heavy atom. The maximum atomic E-state index is 12.3. The second kappa shape index (κ2) is 3.34. The fraction of sp³-hybridized carbons (Fsp3) is 0.500. The smallest absolute Gasteiger partial charge is 0.175 e. The van der Waals surface area contributed by atoms with Crippen LogP contribution in [0.15, 0.2) is 6.07 Å². The van der Waals surface area contributed by atoms with E-state index in [1.165, 1.54) is 5.56 Å². The van der Waals surface area contributed by atoms with E-state index in [9.17, 15) is 4.79 Å². The molecule has 2 rings (SSSR count). The molecule has 0 aromatic heterocycles. The molecule has 0 saturated heterocycles. The second-order valence-corrected chi connectivity index (χ2v) is 5.34. The van der Waals surface area contributed by atoms with Gasteiger partial charge in [0.25, 0.3) is 0 Å². The first kappa shape index (κ1) is 11.2. The molecule has 1 aromatic rings. The minimum absolute atomic E-state index is 0.203. The molecule has 0 atom stereocenters. The van der Waals surface area contributed by atoms with Crippen LogP contribution in [0.4, 0.5) is 0 Å². The third-order valence-corrected chi connectivity index (χ3v) is 3.41. The fourth-order valence-corrected chi connectivity index (χ4v) is 2.17. The minimum Gasteiger partial charge on any atom is -0.491 e. The Kier molecular flexibility index (Phi) is 2.33. The number of ether oxygens (including phenoxy) is 1. The molecule has 0 aliphatic carbocycles. The van der Waals surface area contributed by atoms with Gasteiger partial charge in [-0.2, -0.15) is 0 Å². The molecule has 2 heteroatoms. The third-order valence-electron chi connectivity index (χ3n) is 3.41. The molecule has 1 aliphatic rings. The van der Waals surface area contributed by atoms with Crippen molar-refractivity contribution >= 4 is 5.78 Å².